The fourth-order valence-corrected chi connectivity index (χ4v) is 2.51. The van der Waals surface area contributed by atoms with Gasteiger partial charge in [-0.05, 0) is 13.8 Å². The van der Waals surface area contributed by atoms with Crippen LogP contribution in [0.15, 0.2) is 0 Å². The Bertz CT molecular complexity index is 291. The molecule has 0 aliphatic carbocycles. The minimum Gasteiger partial charge on any atom is -0.346 e. The van der Waals surface area contributed by atoms with Gasteiger partial charge in [-0.25, -0.2) is 0 Å². The van der Waals surface area contributed by atoms with Gasteiger partial charge in [0.25, 0.3) is 0 Å². The van der Waals surface area contributed by atoms with Gasteiger partial charge in [-0.3, -0.25) is 8.74 Å². The summed E-state index contributed by atoms with van der Waals surface area (Å²) < 4.78 is 40.6. The van der Waals surface area contributed by atoms with Crippen molar-refractivity contribution in [2.24, 2.45) is 5.92 Å². The van der Waals surface area contributed by atoms with E-state index >= 15 is 0 Å². The molecule has 2 fully saturated rings. The summed E-state index contributed by atoms with van der Waals surface area (Å²) in [4.78, 5) is 0. The largest absolute Gasteiger partial charge is 0.346 e. The van der Waals surface area contributed by atoms with Crippen molar-refractivity contribution in [1.29, 1.82) is 0 Å². The monoisotopic (exact) mass is 266 g/mol. The second-order valence-corrected chi connectivity index (χ2v) is 5.60. The molecule has 2 rings (SSSR count). The van der Waals surface area contributed by atoms with Crippen LogP contribution in [0.1, 0.15) is 27.2 Å². The Kier molecular flexibility index (Phi) is 3.86. The summed E-state index contributed by atoms with van der Waals surface area (Å²) >= 11 is -2.22. The van der Waals surface area contributed by atoms with E-state index in [1.807, 2.05) is 20.8 Å². The highest BCUT2D eigenvalue weighted by atomic mass is 32.2. The minimum absolute atomic E-state index is 0.0204. The van der Waals surface area contributed by atoms with Crippen LogP contribution in [0.5, 0.6) is 0 Å². The van der Waals surface area contributed by atoms with Crippen LogP contribution in [0.4, 0.5) is 0 Å². The summed E-state index contributed by atoms with van der Waals surface area (Å²) in [6.45, 7) is 5.79. The maximum atomic E-state index is 10.4. The lowest BCUT2D eigenvalue weighted by molar-refractivity contribution is -0.209. The molecule has 2 unspecified atom stereocenters. The first-order valence-corrected chi connectivity index (χ1v) is 6.66. The lowest BCUT2D eigenvalue weighted by atomic mass is 10.0. The van der Waals surface area contributed by atoms with Gasteiger partial charge in [0.1, 0.15) is 6.10 Å². The zero-order valence-corrected chi connectivity index (χ0v) is 10.9. The van der Waals surface area contributed by atoms with Gasteiger partial charge in [0, 0.05) is 12.3 Å². The third kappa shape index (κ3) is 3.24. The Morgan fingerprint density at radius 3 is 2.82 bits per heavy atom. The molecule has 0 saturated carbocycles. The van der Waals surface area contributed by atoms with Crippen molar-refractivity contribution in [3.63, 3.8) is 0 Å². The van der Waals surface area contributed by atoms with Gasteiger partial charge in [-0.1, -0.05) is 6.92 Å². The number of fused-ring (bicyclic) bond motifs is 1. The molecule has 5 atom stereocenters. The molecular formula is C10H18O6S. The van der Waals surface area contributed by atoms with Crippen LogP contribution < -0.4 is 0 Å². The number of rotatable bonds is 4. The predicted molar refractivity (Wildman–Crippen MR) is 59.2 cm³/mol. The summed E-state index contributed by atoms with van der Waals surface area (Å²) in [5.41, 5.74) is 0. The number of ether oxygens (including phenoxy) is 3. The smallest absolute Gasteiger partial charge is 0.301 e. The molecule has 0 aromatic rings. The molecule has 0 amide bonds. The molecular weight excluding hydrogens is 248 g/mol. The second kappa shape index (κ2) is 4.91. The highest BCUT2D eigenvalue weighted by Crippen LogP contribution is 2.38. The molecule has 7 heteroatoms. The molecule has 17 heavy (non-hydrogen) atoms. The molecule has 2 heterocycles. The van der Waals surface area contributed by atoms with Crippen LogP contribution in [-0.4, -0.2) is 39.7 Å². The summed E-state index contributed by atoms with van der Waals surface area (Å²) in [5, 5.41) is 0. The Morgan fingerprint density at radius 1 is 1.53 bits per heavy atom. The number of hydrogen-bond acceptors (Lipinski definition) is 5. The van der Waals surface area contributed by atoms with Gasteiger partial charge in [0.15, 0.2) is 12.1 Å². The van der Waals surface area contributed by atoms with E-state index in [4.69, 9.17) is 18.8 Å². The second-order valence-electron chi connectivity index (χ2n) is 4.93. The third-order valence-electron chi connectivity index (χ3n) is 2.98. The average molecular weight is 266 g/mol. The van der Waals surface area contributed by atoms with Crippen LogP contribution in [0, 0.1) is 5.92 Å². The van der Waals surface area contributed by atoms with Crippen molar-refractivity contribution in [2.75, 3.05) is 6.61 Å². The highest BCUT2D eigenvalue weighted by Gasteiger charge is 2.49. The van der Waals surface area contributed by atoms with Crippen LogP contribution in [-0.2, 0) is 29.8 Å². The van der Waals surface area contributed by atoms with Crippen LogP contribution >= 0.6 is 0 Å². The standard InChI is InChI=1S/C10H18O6S/c1-6(5-13-17(11)12)7-4-8-9(14-7)16-10(2,3)15-8/h6-9H,4-5H2,1-3H3,(H,11,12)/t6?,7-,8+,9+/m1/s1. The van der Waals surface area contributed by atoms with Gasteiger partial charge < -0.3 is 14.2 Å². The summed E-state index contributed by atoms with van der Waals surface area (Å²) in [6, 6.07) is 0. The van der Waals surface area contributed by atoms with Gasteiger partial charge in [0.05, 0.1) is 12.7 Å². The van der Waals surface area contributed by atoms with Gasteiger partial charge in [0.2, 0.25) is 0 Å². The van der Waals surface area contributed by atoms with E-state index in [9.17, 15) is 4.21 Å². The van der Waals surface area contributed by atoms with E-state index in [1.54, 1.807) is 0 Å². The Hall–Kier alpha value is -0.0500. The van der Waals surface area contributed by atoms with Crippen molar-refractivity contribution in [2.45, 2.75) is 51.5 Å². The molecule has 0 aromatic carbocycles. The molecule has 0 aromatic heterocycles. The number of hydrogen-bond donors (Lipinski definition) is 1. The van der Waals surface area contributed by atoms with Gasteiger partial charge in [-0.15, -0.1) is 0 Å². The highest BCUT2D eigenvalue weighted by molar-refractivity contribution is 7.74. The molecule has 2 aliphatic heterocycles. The van der Waals surface area contributed by atoms with Crippen molar-refractivity contribution in [1.82, 2.24) is 0 Å². The summed E-state index contributed by atoms with van der Waals surface area (Å²) in [5.74, 6) is -0.570. The van der Waals surface area contributed by atoms with Gasteiger partial charge in [-0.2, -0.15) is 4.21 Å². The summed E-state index contributed by atoms with van der Waals surface area (Å²) in [6.07, 6.45) is 0.259. The maximum absolute atomic E-state index is 10.4. The quantitative estimate of drug-likeness (QED) is 0.766. The van der Waals surface area contributed by atoms with E-state index in [0.717, 1.165) is 6.42 Å². The topological polar surface area (TPSA) is 74.2 Å². The Balaban J connectivity index is 1.82. The van der Waals surface area contributed by atoms with Crippen molar-refractivity contribution in [3.05, 3.63) is 0 Å². The first-order chi connectivity index (χ1) is 7.87. The molecule has 2 saturated heterocycles. The SMILES string of the molecule is CC(COS(=O)O)[C@H]1C[C@@H]2OC(C)(C)O[C@@H]2O1. The fraction of sp³-hybridized carbons (Fsp3) is 1.00. The average Bonchev–Trinajstić information content (AvgIpc) is 2.67. The lowest BCUT2D eigenvalue weighted by Gasteiger charge is -2.23. The summed E-state index contributed by atoms with van der Waals surface area (Å²) in [7, 11) is 0. The van der Waals surface area contributed by atoms with Crippen LogP contribution in [0.3, 0.4) is 0 Å². The van der Waals surface area contributed by atoms with Gasteiger partial charge >= 0.3 is 11.4 Å². The van der Waals surface area contributed by atoms with Crippen LogP contribution in [0.25, 0.3) is 0 Å². The van der Waals surface area contributed by atoms with Crippen LogP contribution in [0.2, 0.25) is 0 Å². The predicted octanol–water partition coefficient (Wildman–Crippen LogP) is 1.04. The molecule has 6 nitrogen and oxygen atoms in total. The van der Waals surface area contributed by atoms with E-state index in [2.05, 4.69) is 4.18 Å². The molecule has 100 valence electrons. The first kappa shape index (κ1) is 13.4. The van der Waals surface area contributed by atoms with E-state index in [1.165, 1.54) is 0 Å². The molecule has 1 N–H and O–H groups in total. The molecule has 2 aliphatic rings. The van der Waals surface area contributed by atoms with Crippen molar-refractivity contribution >= 4 is 11.4 Å². The first-order valence-electron chi connectivity index (χ1n) is 5.62. The van der Waals surface area contributed by atoms with Crippen molar-refractivity contribution < 1.29 is 27.2 Å². The maximum Gasteiger partial charge on any atom is 0.301 e. The normalized spacial score (nSPS) is 38.9. The third-order valence-corrected chi connectivity index (χ3v) is 3.32. The fourth-order valence-electron chi connectivity index (χ4n) is 2.17. The molecule has 0 radical (unpaired) electrons. The van der Waals surface area contributed by atoms with E-state index < -0.39 is 17.1 Å². The lowest BCUT2D eigenvalue weighted by Crippen LogP contribution is -2.28. The van der Waals surface area contributed by atoms with E-state index in [0.29, 0.717) is 0 Å². The van der Waals surface area contributed by atoms with E-state index in [-0.39, 0.29) is 31.0 Å². The molecule has 0 spiro atoms. The minimum atomic E-state index is -2.22. The zero-order chi connectivity index (χ0) is 12.6. The molecule has 0 bridgehead atoms. The Morgan fingerprint density at radius 2 is 2.24 bits per heavy atom. The Labute approximate surface area is 103 Å². The van der Waals surface area contributed by atoms with Crippen molar-refractivity contribution in [3.8, 4) is 0 Å². The zero-order valence-electron chi connectivity index (χ0n) is 10.1.